The maximum Gasteiger partial charge on any atom is 0.313 e. The van der Waals surface area contributed by atoms with E-state index >= 15 is 0 Å². The van der Waals surface area contributed by atoms with Gasteiger partial charge in [0.25, 0.3) is 0 Å². The molecule has 0 amide bonds. The molecule has 1 aromatic heterocycles. The lowest BCUT2D eigenvalue weighted by molar-refractivity contribution is -0.138. The average molecular weight is 211 g/mol. The largest absolute Gasteiger partial charge is 0.481 e. The molecule has 14 heavy (non-hydrogen) atoms. The van der Waals surface area contributed by atoms with Crippen LogP contribution in [-0.4, -0.2) is 17.6 Å². The number of carbonyl (C=O) groups is 1. The molecule has 76 valence electrons. The molecule has 0 saturated carbocycles. The highest BCUT2D eigenvalue weighted by Gasteiger charge is 2.23. The SMILES string of the molecule is NCC(C(=O)O)c1cc2c(s1)CCC2. The fourth-order valence-electron chi connectivity index (χ4n) is 1.86. The lowest BCUT2D eigenvalue weighted by Crippen LogP contribution is -2.20. The van der Waals surface area contributed by atoms with Crippen molar-refractivity contribution >= 4 is 17.3 Å². The average Bonchev–Trinajstić information content (AvgIpc) is 2.63. The number of aryl methyl sites for hydroxylation is 2. The Labute approximate surface area is 86.6 Å². The molecule has 0 aromatic carbocycles. The second-order valence-corrected chi connectivity index (χ2v) is 4.75. The molecule has 0 spiro atoms. The van der Waals surface area contributed by atoms with Crippen LogP contribution in [0.15, 0.2) is 6.07 Å². The van der Waals surface area contributed by atoms with Gasteiger partial charge in [0, 0.05) is 16.3 Å². The molecule has 0 radical (unpaired) electrons. The van der Waals surface area contributed by atoms with Gasteiger partial charge in [-0.05, 0) is 30.9 Å². The summed E-state index contributed by atoms with van der Waals surface area (Å²) < 4.78 is 0. The van der Waals surface area contributed by atoms with Gasteiger partial charge < -0.3 is 10.8 Å². The maximum atomic E-state index is 10.9. The zero-order valence-electron chi connectivity index (χ0n) is 7.82. The van der Waals surface area contributed by atoms with Crippen molar-refractivity contribution in [2.75, 3.05) is 6.54 Å². The normalized spacial score (nSPS) is 16.6. The molecule has 2 rings (SSSR count). The van der Waals surface area contributed by atoms with Crippen molar-refractivity contribution in [1.29, 1.82) is 0 Å². The highest BCUT2D eigenvalue weighted by atomic mass is 32.1. The smallest absolute Gasteiger partial charge is 0.313 e. The van der Waals surface area contributed by atoms with Gasteiger partial charge in [-0.3, -0.25) is 4.79 Å². The summed E-state index contributed by atoms with van der Waals surface area (Å²) in [6.07, 6.45) is 3.42. The van der Waals surface area contributed by atoms with Gasteiger partial charge in [-0.2, -0.15) is 0 Å². The van der Waals surface area contributed by atoms with Crippen molar-refractivity contribution in [2.24, 2.45) is 5.73 Å². The van der Waals surface area contributed by atoms with Gasteiger partial charge in [-0.15, -0.1) is 11.3 Å². The summed E-state index contributed by atoms with van der Waals surface area (Å²) in [4.78, 5) is 13.2. The molecule has 1 heterocycles. The zero-order valence-corrected chi connectivity index (χ0v) is 8.64. The summed E-state index contributed by atoms with van der Waals surface area (Å²) in [6.45, 7) is 0.189. The van der Waals surface area contributed by atoms with Crippen LogP contribution in [0.1, 0.15) is 27.7 Å². The van der Waals surface area contributed by atoms with Crippen LogP contribution in [0.3, 0.4) is 0 Å². The van der Waals surface area contributed by atoms with Gasteiger partial charge in [0.15, 0.2) is 0 Å². The first kappa shape index (κ1) is 9.68. The van der Waals surface area contributed by atoms with Gasteiger partial charge in [-0.1, -0.05) is 0 Å². The molecule has 0 fully saturated rings. The van der Waals surface area contributed by atoms with Crippen LogP contribution in [-0.2, 0) is 17.6 Å². The number of hydrogen-bond donors (Lipinski definition) is 2. The second kappa shape index (κ2) is 3.71. The molecule has 1 aliphatic rings. The van der Waals surface area contributed by atoms with Crippen LogP contribution < -0.4 is 5.73 Å². The first-order chi connectivity index (χ1) is 6.72. The third-order valence-corrected chi connectivity index (χ3v) is 3.99. The maximum absolute atomic E-state index is 10.9. The molecule has 1 aromatic rings. The Morgan fingerprint density at radius 1 is 1.64 bits per heavy atom. The molecule has 3 nitrogen and oxygen atoms in total. The van der Waals surface area contributed by atoms with Crippen LogP contribution >= 0.6 is 11.3 Å². The van der Waals surface area contributed by atoms with E-state index in [4.69, 9.17) is 10.8 Å². The molecule has 1 atom stereocenters. The molecule has 0 aliphatic heterocycles. The Morgan fingerprint density at radius 2 is 2.43 bits per heavy atom. The lowest BCUT2D eigenvalue weighted by atomic mass is 10.1. The summed E-state index contributed by atoms with van der Waals surface area (Å²) in [6, 6.07) is 2.03. The summed E-state index contributed by atoms with van der Waals surface area (Å²) in [5.74, 6) is -1.32. The topological polar surface area (TPSA) is 63.3 Å². The fourth-order valence-corrected chi connectivity index (χ4v) is 3.23. The van der Waals surface area contributed by atoms with Crippen LogP contribution in [0.25, 0.3) is 0 Å². The van der Waals surface area contributed by atoms with E-state index in [1.807, 2.05) is 6.07 Å². The minimum absolute atomic E-state index is 0.189. The first-order valence-corrected chi connectivity index (χ1v) is 5.58. The van der Waals surface area contributed by atoms with Crippen molar-refractivity contribution < 1.29 is 9.90 Å². The quantitative estimate of drug-likeness (QED) is 0.793. The van der Waals surface area contributed by atoms with Crippen molar-refractivity contribution in [3.05, 3.63) is 21.4 Å². The van der Waals surface area contributed by atoms with Crippen molar-refractivity contribution in [3.8, 4) is 0 Å². The standard InChI is InChI=1S/C10H13NO2S/c11-5-7(10(12)13)9-4-6-2-1-3-8(6)14-9/h4,7H,1-3,5,11H2,(H,12,13). The van der Waals surface area contributed by atoms with E-state index in [1.165, 1.54) is 16.9 Å². The van der Waals surface area contributed by atoms with Gasteiger partial charge in [-0.25, -0.2) is 0 Å². The monoisotopic (exact) mass is 211 g/mol. The van der Waals surface area contributed by atoms with E-state index in [0.717, 1.165) is 17.7 Å². The first-order valence-electron chi connectivity index (χ1n) is 4.76. The summed E-state index contributed by atoms with van der Waals surface area (Å²) in [7, 11) is 0. The third kappa shape index (κ3) is 1.55. The minimum Gasteiger partial charge on any atom is -0.481 e. The molecular weight excluding hydrogens is 198 g/mol. The fraction of sp³-hybridized carbons (Fsp3) is 0.500. The van der Waals surface area contributed by atoms with E-state index in [-0.39, 0.29) is 6.54 Å². The van der Waals surface area contributed by atoms with E-state index in [1.54, 1.807) is 11.3 Å². The van der Waals surface area contributed by atoms with E-state index < -0.39 is 11.9 Å². The lowest BCUT2D eigenvalue weighted by Gasteiger charge is -2.05. The summed E-state index contributed by atoms with van der Waals surface area (Å²) >= 11 is 1.62. The summed E-state index contributed by atoms with van der Waals surface area (Å²) in [5.41, 5.74) is 6.79. The highest BCUT2D eigenvalue weighted by molar-refractivity contribution is 7.12. The number of hydrogen-bond acceptors (Lipinski definition) is 3. The molecule has 0 saturated heterocycles. The molecule has 1 unspecified atom stereocenters. The number of thiophene rings is 1. The van der Waals surface area contributed by atoms with Crippen molar-refractivity contribution in [1.82, 2.24) is 0 Å². The molecule has 0 bridgehead atoms. The number of nitrogens with two attached hydrogens (primary N) is 1. The molecule has 1 aliphatic carbocycles. The van der Waals surface area contributed by atoms with Crippen molar-refractivity contribution in [2.45, 2.75) is 25.2 Å². The Kier molecular flexibility index (Phi) is 2.56. The van der Waals surface area contributed by atoms with E-state index in [9.17, 15) is 4.79 Å². The Morgan fingerprint density at radius 3 is 3.00 bits per heavy atom. The van der Waals surface area contributed by atoms with Gasteiger partial charge in [0.05, 0.1) is 0 Å². The number of carboxylic acids is 1. The van der Waals surface area contributed by atoms with E-state index in [0.29, 0.717) is 0 Å². The van der Waals surface area contributed by atoms with Crippen LogP contribution in [0.4, 0.5) is 0 Å². The van der Waals surface area contributed by atoms with Crippen LogP contribution in [0.2, 0.25) is 0 Å². The Bertz CT molecular complexity index is 338. The Hall–Kier alpha value is -0.870. The molecule has 3 N–H and O–H groups in total. The van der Waals surface area contributed by atoms with Gasteiger partial charge in [0.1, 0.15) is 5.92 Å². The zero-order chi connectivity index (χ0) is 10.1. The minimum atomic E-state index is -0.813. The Balaban J connectivity index is 2.27. The molecule has 4 heteroatoms. The summed E-state index contributed by atoms with van der Waals surface area (Å²) in [5, 5.41) is 8.94. The van der Waals surface area contributed by atoms with Gasteiger partial charge >= 0.3 is 5.97 Å². The predicted octanol–water partition coefficient (Wildman–Crippen LogP) is 1.36. The van der Waals surface area contributed by atoms with Crippen LogP contribution in [0, 0.1) is 0 Å². The van der Waals surface area contributed by atoms with Crippen LogP contribution in [0.5, 0.6) is 0 Å². The van der Waals surface area contributed by atoms with E-state index in [2.05, 4.69) is 0 Å². The number of fused-ring (bicyclic) bond motifs is 1. The predicted molar refractivity (Wildman–Crippen MR) is 55.8 cm³/mol. The second-order valence-electron chi connectivity index (χ2n) is 3.58. The highest BCUT2D eigenvalue weighted by Crippen LogP contribution is 2.34. The number of aliphatic carboxylic acids is 1. The third-order valence-electron chi connectivity index (χ3n) is 2.64. The van der Waals surface area contributed by atoms with Gasteiger partial charge in [0.2, 0.25) is 0 Å². The molecular formula is C10H13NO2S. The number of carboxylic acid groups (broad SMARTS) is 1. The number of rotatable bonds is 3. The van der Waals surface area contributed by atoms with Crippen molar-refractivity contribution in [3.63, 3.8) is 0 Å².